The summed E-state index contributed by atoms with van der Waals surface area (Å²) in [5, 5.41) is 0. The molecule has 0 aliphatic carbocycles. The second kappa shape index (κ2) is 6.77. The molecule has 2 rings (SSSR count). The van der Waals surface area contributed by atoms with Crippen molar-refractivity contribution in [3.05, 3.63) is 0 Å². The van der Waals surface area contributed by atoms with Crippen LogP contribution >= 0.6 is 0 Å². The molecule has 2 fully saturated rings. The summed E-state index contributed by atoms with van der Waals surface area (Å²) in [5.41, 5.74) is 0. The fourth-order valence-corrected chi connectivity index (χ4v) is 3.81. The summed E-state index contributed by atoms with van der Waals surface area (Å²) in [6.45, 7) is 6.42. The lowest BCUT2D eigenvalue weighted by molar-refractivity contribution is -0.159. The molecule has 0 bridgehead atoms. The first-order valence-corrected chi connectivity index (χ1v) is 8.30. The van der Waals surface area contributed by atoms with Crippen molar-refractivity contribution in [2.24, 2.45) is 11.8 Å². The molecule has 0 aromatic heterocycles. The van der Waals surface area contributed by atoms with Gasteiger partial charge in [-0.15, -0.1) is 0 Å². The minimum Gasteiger partial charge on any atom is -0.332 e. The summed E-state index contributed by atoms with van der Waals surface area (Å²) in [6, 6.07) is -0.0650. The molecule has 0 N–H and O–H groups in total. The minimum absolute atomic E-state index is 0.222. The van der Waals surface area contributed by atoms with E-state index in [0.717, 1.165) is 30.7 Å². The number of nitrogens with zero attached hydrogens (tertiary/aromatic N) is 2. The molecule has 0 aromatic carbocycles. The highest BCUT2D eigenvalue weighted by Crippen LogP contribution is 2.31. The van der Waals surface area contributed by atoms with Gasteiger partial charge in [0.1, 0.15) is 6.54 Å². The van der Waals surface area contributed by atoms with Crippen LogP contribution in [0.15, 0.2) is 0 Å². The predicted octanol–water partition coefficient (Wildman–Crippen LogP) is 3.30. The zero-order valence-corrected chi connectivity index (χ0v) is 13.7. The monoisotopic (exact) mass is 320 g/mol. The van der Waals surface area contributed by atoms with Crippen molar-refractivity contribution in [3.63, 3.8) is 0 Å². The molecule has 2 aliphatic heterocycles. The van der Waals surface area contributed by atoms with Crippen LogP contribution in [-0.2, 0) is 4.79 Å². The summed E-state index contributed by atoms with van der Waals surface area (Å²) in [7, 11) is 0. The molecule has 3 atom stereocenters. The Bertz CT molecular complexity index is 397. The third kappa shape index (κ3) is 4.15. The van der Waals surface area contributed by atoms with Crippen LogP contribution in [0.2, 0.25) is 0 Å². The molecule has 3 unspecified atom stereocenters. The van der Waals surface area contributed by atoms with Crippen LogP contribution in [0, 0.1) is 11.8 Å². The minimum atomic E-state index is -4.31. The Morgan fingerprint density at radius 1 is 1.14 bits per heavy atom. The van der Waals surface area contributed by atoms with E-state index in [9.17, 15) is 18.0 Å². The molecule has 2 saturated heterocycles. The molecule has 0 aromatic rings. The van der Waals surface area contributed by atoms with Gasteiger partial charge in [-0.1, -0.05) is 20.8 Å². The SMILES string of the molecule is CC1CCC(C(C)C)N(C2CCN(CC(F)(F)F)C2=O)CC1. The van der Waals surface area contributed by atoms with Crippen LogP contribution in [0.25, 0.3) is 0 Å². The highest BCUT2D eigenvalue weighted by Gasteiger charge is 2.43. The van der Waals surface area contributed by atoms with Crippen LogP contribution in [0.1, 0.15) is 46.5 Å². The molecule has 6 heteroatoms. The van der Waals surface area contributed by atoms with Gasteiger partial charge < -0.3 is 4.90 Å². The van der Waals surface area contributed by atoms with Gasteiger partial charge in [-0.3, -0.25) is 9.69 Å². The third-order valence-corrected chi connectivity index (χ3v) is 5.07. The Kier molecular flexibility index (Phi) is 5.41. The molecular formula is C16H27F3N2O. The molecule has 0 radical (unpaired) electrons. The fraction of sp³-hybridized carbons (Fsp3) is 0.938. The maximum Gasteiger partial charge on any atom is 0.406 e. The van der Waals surface area contributed by atoms with Gasteiger partial charge in [0, 0.05) is 12.6 Å². The predicted molar refractivity (Wildman–Crippen MR) is 79.4 cm³/mol. The van der Waals surface area contributed by atoms with Gasteiger partial charge >= 0.3 is 6.18 Å². The molecule has 1 amide bonds. The highest BCUT2D eigenvalue weighted by molar-refractivity contribution is 5.84. The molecule has 3 nitrogen and oxygen atoms in total. The summed E-state index contributed by atoms with van der Waals surface area (Å²) in [6.07, 6.45) is -0.609. The van der Waals surface area contributed by atoms with Gasteiger partial charge in [-0.25, -0.2) is 0 Å². The number of hydrogen-bond acceptors (Lipinski definition) is 2. The number of hydrogen-bond donors (Lipinski definition) is 0. The van der Waals surface area contributed by atoms with Crippen LogP contribution < -0.4 is 0 Å². The standard InChI is InChI=1S/C16H27F3N2O/c1-11(2)13-5-4-12(3)6-9-21(13)14-7-8-20(15(14)22)10-16(17,18)19/h11-14H,4-10H2,1-3H3. The highest BCUT2D eigenvalue weighted by atomic mass is 19.4. The molecule has 0 saturated carbocycles. The van der Waals surface area contributed by atoms with E-state index in [2.05, 4.69) is 25.7 Å². The van der Waals surface area contributed by atoms with Gasteiger partial charge in [0.25, 0.3) is 0 Å². The normalized spacial score (nSPS) is 31.9. The largest absolute Gasteiger partial charge is 0.406 e. The van der Waals surface area contributed by atoms with E-state index in [4.69, 9.17) is 0 Å². The number of carbonyl (C=O) groups is 1. The number of carbonyl (C=O) groups excluding carboxylic acids is 1. The number of likely N-dealkylation sites (tertiary alicyclic amines) is 2. The van der Waals surface area contributed by atoms with Crippen LogP contribution in [0.3, 0.4) is 0 Å². The molecule has 2 heterocycles. The van der Waals surface area contributed by atoms with Crippen molar-refractivity contribution in [2.75, 3.05) is 19.6 Å². The van der Waals surface area contributed by atoms with Crippen molar-refractivity contribution >= 4 is 5.91 Å². The van der Waals surface area contributed by atoms with Gasteiger partial charge in [0.2, 0.25) is 5.91 Å². The molecule has 2 aliphatic rings. The lowest BCUT2D eigenvalue weighted by Crippen LogP contribution is -2.50. The Hall–Kier alpha value is -0.780. The second-order valence-corrected chi connectivity index (χ2v) is 7.20. The van der Waals surface area contributed by atoms with E-state index in [-0.39, 0.29) is 18.5 Å². The van der Waals surface area contributed by atoms with E-state index in [1.54, 1.807) is 0 Å². The Morgan fingerprint density at radius 2 is 1.82 bits per heavy atom. The van der Waals surface area contributed by atoms with E-state index in [0.29, 0.717) is 24.3 Å². The number of rotatable bonds is 3. The topological polar surface area (TPSA) is 23.6 Å². The summed E-state index contributed by atoms with van der Waals surface area (Å²) >= 11 is 0. The molecular weight excluding hydrogens is 293 g/mol. The average Bonchev–Trinajstić information content (AvgIpc) is 2.61. The van der Waals surface area contributed by atoms with E-state index in [1.807, 2.05) is 0 Å². The second-order valence-electron chi connectivity index (χ2n) is 7.20. The quantitative estimate of drug-likeness (QED) is 0.796. The van der Waals surface area contributed by atoms with Crippen molar-refractivity contribution in [3.8, 4) is 0 Å². The zero-order chi connectivity index (χ0) is 16.5. The van der Waals surface area contributed by atoms with Gasteiger partial charge in [0.05, 0.1) is 6.04 Å². The van der Waals surface area contributed by atoms with Gasteiger partial charge in [-0.2, -0.15) is 13.2 Å². The van der Waals surface area contributed by atoms with Crippen LogP contribution in [-0.4, -0.2) is 53.6 Å². The third-order valence-electron chi connectivity index (χ3n) is 5.07. The fourth-order valence-electron chi connectivity index (χ4n) is 3.81. The Balaban J connectivity index is 2.10. The van der Waals surface area contributed by atoms with E-state index in [1.165, 1.54) is 0 Å². The number of halogens is 3. The summed E-state index contributed by atoms with van der Waals surface area (Å²) in [5.74, 6) is 0.696. The van der Waals surface area contributed by atoms with Gasteiger partial charge in [-0.05, 0) is 44.1 Å². The number of alkyl halides is 3. The van der Waals surface area contributed by atoms with Crippen LogP contribution in [0.5, 0.6) is 0 Å². The molecule has 22 heavy (non-hydrogen) atoms. The van der Waals surface area contributed by atoms with Crippen molar-refractivity contribution < 1.29 is 18.0 Å². The van der Waals surface area contributed by atoms with Crippen molar-refractivity contribution in [2.45, 2.75) is 64.7 Å². The average molecular weight is 320 g/mol. The lowest BCUT2D eigenvalue weighted by Gasteiger charge is -2.36. The van der Waals surface area contributed by atoms with E-state index >= 15 is 0 Å². The van der Waals surface area contributed by atoms with Crippen molar-refractivity contribution in [1.82, 2.24) is 9.80 Å². The Labute approximate surface area is 130 Å². The molecule has 128 valence electrons. The van der Waals surface area contributed by atoms with Crippen LogP contribution in [0.4, 0.5) is 13.2 Å². The zero-order valence-electron chi connectivity index (χ0n) is 13.7. The van der Waals surface area contributed by atoms with Crippen molar-refractivity contribution in [1.29, 1.82) is 0 Å². The lowest BCUT2D eigenvalue weighted by atomic mass is 9.94. The first-order valence-electron chi connectivity index (χ1n) is 8.30. The maximum atomic E-state index is 12.6. The molecule has 0 spiro atoms. The first kappa shape index (κ1) is 17.6. The first-order chi connectivity index (χ1) is 10.2. The summed E-state index contributed by atoms with van der Waals surface area (Å²) < 4.78 is 37.7. The van der Waals surface area contributed by atoms with E-state index < -0.39 is 12.7 Å². The smallest absolute Gasteiger partial charge is 0.332 e. The number of amides is 1. The maximum absolute atomic E-state index is 12.6. The van der Waals surface area contributed by atoms with Gasteiger partial charge in [0.15, 0.2) is 0 Å². The summed E-state index contributed by atoms with van der Waals surface area (Å²) in [4.78, 5) is 15.6. The Morgan fingerprint density at radius 3 is 2.41 bits per heavy atom.